The molecule has 154 valence electrons. The molecule has 0 spiro atoms. The minimum Gasteiger partial charge on any atom is -0.326 e. The Morgan fingerprint density at radius 1 is 1.13 bits per heavy atom. The van der Waals surface area contributed by atoms with Crippen molar-refractivity contribution in [2.45, 2.75) is 31.6 Å². The Hall–Kier alpha value is -2.57. The zero-order chi connectivity index (χ0) is 20.9. The fraction of sp³-hybridized carbons (Fsp3) is 0.250. The van der Waals surface area contributed by atoms with Crippen LogP contribution in [0.5, 0.6) is 0 Å². The number of anilines is 2. The van der Waals surface area contributed by atoms with Crippen molar-refractivity contribution in [3.05, 3.63) is 82.0 Å². The summed E-state index contributed by atoms with van der Waals surface area (Å²) >= 11 is 3.21. The summed E-state index contributed by atoms with van der Waals surface area (Å²) in [6, 6.07) is 19.9. The number of carbonyl (C=O) groups is 2. The van der Waals surface area contributed by atoms with E-state index in [1.807, 2.05) is 64.9 Å². The predicted molar refractivity (Wildman–Crippen MR) is 126 cm³/mol. The van der Waals surface area contributed by atoms with E-state index in [0.717, 1.165) is 34.7 Å². The summed E-state index contributed by atoms with van der Waals surface area (Å²) in [5.41, 5.74) is 3.97. The molecule has 0 aliphatic carbocycles. The van der Waals surface area contributed by atoms with Crippen LogP contribution in [0, 0.1) is 0 Å². The molecule has 1 saturated heterocycles. The molecule has 0 radical (unpaired) electrons. The fourth-order valence-corrected chi connectivity index (χ4v) is 5.57. The zero-order valence-corrected chi connectivity index (χ0v) is 18.5. The Labute approximate surface area is 185 Å². The molecular formula is C24H24N2O2S2. The van der Waals surface area contributed by atoms with Crippen LogP contribution in [0.3, 0.4) is 0 Å². The van der Waals surface area contributed by atoms with E-state index in [1.54, 1.807) is 23.1 Å². The Kier molecular flexibility index (Phi) is 6.55. The van der Waals surface area contributed by atoms with Crippen LogP contribution >= 0.6 is 23.1 Å². The maximum atomic E-state index is 12.8. The van der Waals surface area contributed by atoms with Crippen LogP contribution in [0.1, 0.15) is 34.7 Å². The van der Waals surface area contributed by atoms with Gasteiger partial charge in [0.25, 0.3) is 0 Å². The molecule has 1 fully saturated rings. The van der Waals surface area contributed by atoms with Gasteiger partial charge in [0.15, 0.2) is 0 Å². The molecule has 4 rings (SSSR count). The average Bonchev–Trinajstić information content (AvgIpc) is 3.38. The molecule has 2 aromatic carbocycles. The summed E-state index contributed by atoms with van der Waals surface area (Å²) in [5.74, 6) is 0.552. The molecule has 1 atom stereocenters. The molecule has 0 saturated carbocycles. The SMILES string of the molecule is CCCc1ccccc1N1C(=O)CS[C@@H]1c1cccc(NC(=O)Cc2cccs2)c1. The standard InChI is InChI=1S/C24H24N2O2S2/c1-2-7-17-8-3-4-12-21(17)26-23(28)16-30-24(26)18-9-5-10-19(14-18)25-22(27)15-20-11-6-13-29-20/h3-6,8-14,24H,2,7,15-16H2,1H3,(H,25,27)/t24-/m1/s1. The second-order valence-corrected chi connectivity index (χ2v) is 9.34. The summed E-state index contributed by atoms with van der Waals surface area (Å²) in [4.78, 5) is 28.1. The summed E-state index contributed by atoms with van der Waals surface area (Å²) in [6.45, 7) is 2.15. The van der Waals surface area contributed by atoms with Crippen LogP contribution in [0.25, 0.3) is 0 Å². The Morgan fingerprint density at radius 3 is 2.80 bits per heavy atom. The molecule has 4 nitrogen and oxygen atoms in total. The highest BCUT2D eigenvalue weighted by atomic mass is 32.2. The highest BCUT2D eigenvalue weighted by Gasteiger charge is 2.35. The van der Waals surface area contributed by atoms with Gasteiger partial charge in [0, 0.05) is 16.3 Å². The molecule has 3 aromatic rings. The van der Waals surface area contributed by atoms with Gasteiger partial charge in [0.1, 0.15) is 5.37 Å². The molecule has 0 unspecified atom stereocenters. The third-order valence-corrected chi connectivity index (χ3v) is 7.10. The van der Waals surface area contributed by atoms with E-state index in [2.05, 4.69) is 18.3 Å². The van der Waals surface area contributed by atoms with Crippen LogP contribution in [-0.4, -0.2) is 17.6 Å². The van der Waals surface area contributed by atoms with Gasteiger partial charge in [-0.1, -0.05) is 49.7 Å². The lowest BCUT2D eigenvalue weighted by Gasteiger charge is -2.27. The van der Waals surface area contributed by atoms with E-state index < -0.39 is 0 Å². The van der Waals surface area contributed by atoms with E-state index in [-0.39, 0.29) is 17.2 Å². The fourth-order valence-electron chi connectivity index (χ4n) is 3.70. The first-order chi connectivity index (χ1) is 14.7. The second-order valence-electron chi connectivity index (χ2n) is 7.24. The monoisotopic (exact) mass is 436 g/mol. The quantitative estimate of drug-likeness (QED) is 0.520. The molecule has 0 bridgehead atoms. The predicted octanol–water partition coefficient (Wildman–Crippen LogP) is 5.66. The Balaban J connectivity index is 1.56. The minimum absolute atomic E-state index is 0.0325. The van der Waals surface area contributed by atoms with E-state index in [9.17, 15) is 9.59 Å². The molecule has 1 aliphatic heterocycles. The summed E-state index contributed by atoms with van der Waals surface area (Å²) in [6.07, 6.45) is 2.34. The molecule has 1 N–H and O–H groups in total. The van der Waals surface area contributed by atoms with Crippen molar-refractivity contribution in [2.75, 3.05) is 16.0 Å². The van der Waals surface area contributed by atoms with Gasteiger partial charge in [-0.25, -0.2) is 0 Å². The number of rotatable bonds is 7. The summed E-state index contributed by atoms with van der Waals surface area (Å²) in [7, 11) is 0. The largest absolute Gasteiger partial charge is 0.326 e. The van der Waals surface area contributed by atoms with Crippen molar-refractivity contribution in [1.29, 1.82) is 0 Å². The lowest BCUT2D eigenvalue weighted by atomic mass is 10.1. The Morgan fingerprint density at radius 2 is 2.00 bits per heavy atom. The van der Waals surface area contributed by atoms with Crippen molar-refractivity contribution in [3.63, 3.8) is 0 Å². The number of nitrogens with one attached hydrogen (secondary N) is 1. The number of thiophene rings is 1. The number of amides is 2. The number of nitrogens with zero attached hydrogens (tertiary/aromatic N) is 1. The van der Waals surface area contributed by atoms with Crippen molar-refractivity contribution < 1.29 is 9.59 Å². The third kappa shape index (κ3) is 4.60. The highest BCUT2D eigenvalue weighted by molar-refractivity contribution is 8.00. The molecule has 30 heavy (non-hydrogen) atoms. The van der Waals surface area contributed by atoms with Gasteiger partial charge in [0.2, 0.25) is 11.8 Å². The molecule has 1 aromatic heterocycles. The lowest BCUT2D eigenvalue weighted by Crippen LogP contribution is -2.28. The van der Waals surface area contributed by atoms with Crippen LogP contribution in [0.2, 0.25) is 0 Å². The van der Waals surface area contributed by atoms with Gasteiger partial charge < -0.3 is 5.32 Å². The third-order valence-electron chi connectivity index (χ3n) is 5.01. The molecule has 6 heteroatoms. The number of thioether (sulfide) groups is 1. The first kappa shape index (κ1) is 20.7. The van der Waals surface area contributed by atoms with Gasteiger partial charge >= 0.3 is 0 Å². The topological polar surface area (TPSA) is 49.4 Å². The number of aryl methyl sites for hydroxylation is 1. The second kappa shape index (κ2) is 9.49. The first-order valence-electron chi connectivity index (χ1n) is 10.1. The van der Waals surface area contributed by atoms with E-state index in [4.69, 9.17) is 0 Å². The number of carbonyl (C=O) groups excluding carboxylic acids is 2. The maximum absolute atomic E-state index is 12.8. The average molecular weight is 437 g/mol. The van der Waals surface area contributed by atoms with Crippen LogP contribution in [0.15, 0.2) is 66.0 Å². The van der Waals surface area contributed by atoms with Crippen molar-refractivity contribution >= 4 is 46.3 Å². The number of hydrogen-bond acceptors (Lipinski definition) is 4. The molecular weight excluding hydrogens is 412 g/mol. The van der Waals surface area contributed by atoms with Crippen molar-refractivity contribution in [2.24, 2.45) is 0 Å². The smallest absolute Gasteiger partial charge is 0.238 e. The van der Waals surface area contributed by atoms with Gasteiger partial charge in [0.05, 0.1) is 12.2 Å². The lowest BCUT2D eigenvalue weighted by molar-refractivity contribution is -0.116. The summed E-state index contributed by atoms with van der Waals surface area (Å²) in [5, 5.41) is 4.88. The zero-order valence-electron chi connectivity index (χ0n) is 16.8. The van der Waals surface area contributed by atoms with Gasteiger partial charge in [-0.2, -0.15) is 0 Å². The van der Waals surface area contributed by atoms with Crippen molar-refractivity contribution in [1.82, 2.24) is 0 Å². The minimum atomic E-state index is -0.0929. The van der Waals surface area contributed by atoms with Gasteiger partial charge in [-0.3, -0.25) is 14.5 Å². The molecule has 2 heterocycles. The first-order valence-corrected chi connectivity index (χ1v) is 12.0. The number of benzene rings is 2. The van der Waals surface area contributed by atoms with Gasteiger partial charge in [-0.05, 0) is 47.2 Å². The van der Waals surface area contributed by atoms with E-state index >= 15 is 0 Å². The van der Waals surface area contributed by atoms with E-state index in [1.165, 1.54) is 5.56 Å². The molecule has 1 aliphatic rings. The molecule has 2 amide bonds. The summed E-state index contributed by atoms with van der Waals surface area (Å²) < 4.78 is 0. The normalized spacial score (nSPS) is 16.1. The highest BCUT2D eigenvalue weighted by Crippen LogP contribution is 2.43. The van der Waals surface area contributed by atoms with Crippen LogP contribution < -0.4 is 10.2 Å². The van der Waals surface area contributed by atoms with Crippen molar-refractivity contribution in [3.8, 4) is 0 Å². The number of hydrogen-bond donors (Lipinski definition) is 1. The van der Waals surface area contributed by atoms with Crippen LogP contribution in [0.4, 0.5) is 11.4 Å². The van der Waals surface area contributed by atoms with Gasteiger partial charge in [-0.15, -0.1) is 23.1 Å². The van der Waals surface area contributed by atoms with Crippen LogP contribution in [-0.2, 0) is 22.4 Å². The Bertz CT molecular complexity index is 1030. The maximum Gasteiger partial charge on any atom is 0.238 e. The van der Waals surface area contributed by atoms with E-state index in [0.29, 0.717) is 12.2 Å². The number of para-hydroxylation sites is 1.